The summed E-state index contributed by atoms with van der Waals surface area (Å²) in [5.74, 6) is 2.48. The van der Waals surface area contributed by atoms with Gasteiger partial charge in [0.1, 0.15) is 0 Å². The maximum Gasteiger partial charge on any atom is 0.259 e. The molecule has 1 aliphatic carbocycles. The Kier molecular flexibility index (Phi) is 7.35. The van der Waals surface area contributed by atoms with E-state index in [2.05, 4.69) is 44.2 Å². The molecule has 1 saturated carbocycles. The lowest BCUT2D eigenvalue weighted by Crippen LogP contribution is -2.53. The normalized spacial score (nSPS) is 20.9. The van der Waals surface area contributed by atoms with Crippen molar-refractivity contribution in [3.63, 3.8) is 0 Å². The largest absolute Gasteiger partial charge is 0.375 e. The van der Waals surface area contributed by atoms with Crippen molar-refractivity contribution in [1.82, 2.24) is 4.90 Å². The van der Waals surface area contributed by atoms with Crippen LogP contribution in [0, 0.1) is 17.8 Å². The average molecular weight is 433 g/mol. The molecule has 2 atom stereocenters. The summed E-state index contributed by atoms with van der Waals surface area (Å²) in [6.07, 6.45) is 7.22. The Bertz CT molecular complexity index is 851. The topological polar surface area (TPSA) is 40.5 Å². The zero-order valence-electron chi connectivity index (χ0n) is 19.7. The molecule has 0 bridgehead atoms. The van der Waals surface area contributed by atoms with Gasteiger partial charge in [0.15, 0.2) is 5.60 Å². The number of benzene rings is 2. The summed E-state index contributed by atoms with van der Waals surface area (Å²) in [5.41, 5.74) is 0.773. The third-order valence-corrected chi connectivity index (χ3v) is 7.86. The first-order chi connectivity index (χ1) is 15.5. The molecule has 2 unspecified atom stereocenters. The number of hydrogen-bond acceptors (Lipinski definition) is 2. The molecule has 1 saturated heterocycles. The first kappa shape index (κ1) is 23.0. The van der Waals surface area contributed by atoms with Crippen molar-refractivity contribution in [2.45, 2.75) is 70.3 Å². The zero-order valence-corrected chi connectivity index (χ0v) is 19.7. The third kappa shape index (κ3) is 4.78. The summed E-state index contributed by atoms with van der Waals surface area (Å²) in [5, 5.41) is 11.8. The highest BCUT2D eigenvalue weighted by molar-refractivity contribution is 5.87. The third-order valence-electron chi connectivity index (χ3n) is 7.86. The van der Waals surface area contributed by atoms with Crippen LogP contribution in [-0.4, -0.2) is 29.0 Å². The quantitative estimate of drug-likeness (QED) is 0.575. The predicted octanol–water partition coefficient (Wildman–Crippen LogP) is 6.09. The molecule has 2 aromatic rings. The van der Waals surface area contributed by atoms with Crippen LogP contribution in [0.25, 0.3) is 0 Å². The number of carbonyl (C=O) groups is 1. The molecule has 2 fully saturated rings. The van der Waals surface area contributed by atoms with Gasteiger partial charge in [0.05, 0.1) is 0 Å². The van der Waals surface area contributed by atoms with E-state index in [1.54, 1.807) is 0 Å². The molecule has 4 rings (SSSR count). The number of aliphatic hydroxyl groups is 1. The van der Waals surface area contributed by atoms with Crippen LogP contribution >= 0.6 is 0 Å². The molecule has 32 heavy (non-hydrogen) atoms. The van der Waals surface area contributed by atoms with E-state index in [9.17, 15) is 9.90 Å². The first-order valence-electron chi connectivity index (χ1n) is 12.4. The highest BCUT2D eigenvalue weighted by Crippen LogP contribution is 2.43. The first-order valence-corrected chi connectivity index (χ1v) is 12.4. The summed E-state index contributed by atoms with van der Waals surface area (Å²) in [6.45, 7) is 5.96. The average Bonchev–Trinajstić information content (AvgIpc) is 3.38. The van der Waals surface area contributed by atoms with Gasteiger partial charge in [-0.15, -0.1) is 0 Å². The van der Waals surface area contributed by atoms with E-state index in [0.717, 1.165) is 63.6 Å². The molecular weight excluding hydrogens is 394 g/mol. The number of nitrogens with zero attached hydrogens (tertiary/aromatic N) is 1. The molecule has 0 spiro atoms. The maximum atomic E-state index is 13.7. The van der Waals surface area contributed by atoms with Crippen LogP contribution in [0.4, 0.5) is 0 Å². The fraction of sp³-hybridized carbons (Fsp3) is 0.517. The fourth-order valence-electron chi connectivity index (χ4n) is 5.91. The van der Waals surface area contributed by atoms with Crippen LogP contribution < -0.4 is 0 Å². The molecular formula is C29H38NO2. The lowest BCUT2D eigenvalue weighted by Gasteiger charge is -2.41. The van der Waals surface area contributed by atoms with Crippen molar-refractivity contribution in [2.24, 2.45) is 11.8 Å². The molecule has 3 nitrogen and oxygen atoms in total. The van der Waals surface area contributed by atoms with Crippen LogP contribution in [0.1, 0.15) is 75.8 Å². The molecule has 2 aliphatic rings. The Balaban J connectivity index is 1.44. The van der Waals surface area contributed by atoms with Crippen LogP contribution in [0.3, 0.4) is 0 Å². The highest BCUT2D eigenvalue weighted by atomic mass is 16.3. The van der Waals surface area contributed by atoms with E-state index >= 15 is 0 Å². The number of hydrogen-bond donors (Lipinski definition) is 1. The van der Waals surface area contributed by atoms with Gasteiger partial charge in [-0.05, 0) is 61.0 Å². The summed E-state index contributed by atoms with van der Waals surface area (Å²) in [6, 6.07) is 20.5. The number of amides is 1. The smallest absolute Gasteiger partial charge is 0.259 e. The van der Waals surface area contributed by atoms with Crippen molar-refractivity contribution in [3.05, 3.63) is 77.7 Å². The van der Waals surface area contributed by atoms with Crippen molar-refractivity contribution < 1.29 is 9.90 Å². The van der Waals surface area contributed by atoms with Gasteiger partial charge in [0.25, 0.3) is 5.91 Å². The van der Waals surface area contributed by atoms with Crippen LogP contribution in [0.2, 0.25) is 0 Å². The van der Waals surface area contributed by atoms with Crippen molar-refractivity contribution >= 4 is 5.91 Å². The Morgan fingerprint density at radius 3 is 2.06 bits per heavy atom. The Hall–Kier alpha value is -2.13. The van der Waals surface area contributed by atoms with Gasteiger partial charge >= 0.3 is 0 Å². The molecule has 171 valence electrons. The molecule has 0 aromatic heterocycles. The minimum Gasteiger partial charge on any atom is -0.375 e. The monoisotopic (exact) mass is 432 g/mol. The van der Waals surface area contributed by atoms with E-state index in [-0.39, 0.29) is 11.8 Å². The van der Waals surface area contributed by atoms with Crippen molar-refractivity contribution in [3.8, 4) is 0 Å². The summed E-state index contributed by atoms with van der Waals surface area (Å²) in [4.78, 5) is 15.7. The van der Waals surface area contributed by atoms with E-state index in [4.69, 9.17) is 0 Å². The van der Waals surface area contributed by atoms with Gasteiger partial charge in [-0.2, -0.15) is 0 Å². The molecule has 1 heterocycles. The van der Waals surface area contributed by atoms with Crippen LogP contribution in [-0.2, 0) is 10.4 Å². The van der Waals surface area contributed by atoms with E-state index in [1.165, 1.54) is 11.5 Å². The van der Waals surface area contributed by atoms with Gasteiger partial charge in [-0.1, -0.05) is 87.4 Å². The summed E-state index contributed by atoms with van der Waals surface area (Å²) >= 11 is 0. The SMILES string of the molecule is C[C](C)C(CC1CCN(C(=O)C(O)(c2ccccc2)C2CCCC2)CC1)c1ccccc1. The van der Waals surface area contributed by atoms with Gasteiger partial charge in [0, 0.05) is 19.0 Å². The number of carbonyl (C=O) groups excluding carboxylic acids is 1. The minimum absolute atomic E-state index is 0.0231. The molecule has 1 amide bonds. The summed E-state index contributed by atoms with van der Waals surface area (Å²) in [7, 11) is 0. The lowest BCUT2D eigenvalue weighted by molar-refractivity contribution is -0.160. The molecule has 1 radical (unpaired) electrons. The molecule has 3 heteroatoms. The second-order valence-corrected chi connectivity index (χ2v) is 10.1. The van der Waals surface area contributed by atoms with Gasteiger partial charge in [-0.25, -0.2) is 0 Å². The van der Waals surface area contributed by atoms with Gasteiger partial charge in [0.2, 0.25) is 0 Å². The lowest BCUT2D eigenvalue weighted by atomic mass is 9.77. The Morgan fingerprint density at radius 2 is 1.50 bits per heavy atom. The van der Waals surface area contributed by atoms with Crippen molar-refractivity contribution in [1.29, 1.82) is 0 Å². The maximum absolute atomic E-state index is 13.7. The second-order valence-electron chi connectivity index (χ2n) is 10.1. The number of piperidine rings is 1. The summed E-state index contributed by atoms with van der Waals surface area (Å²) < 4.78 is 0. The molecule has 1 N–H and O–H groups in total. The standard InChI is InChI=1S/C29H38NO2/c1-22(2)27(24-11-5-3-6-12-24)21-23-17-19-30(20-18-23)28(31)29(32,26-15-9-10-16-26)25-13-7-4-8-14-25/h3-8,11-14,23,26-27,32H,9-10,15-21H2,1-2H3. The second kappa shape index (κ2) is 10.2. The number of likely N-dealkylation sites (tertiary alicyclic amines) is 1. The van der Waals surface area contributed by atoms with Gasteiger partial charge < -0.3 is 10.0 Å². The van der Waals surface area contributed by atoms with E-state index < -0.39 is 5.60 Å². The minimum atomic E-state index is -1.38. The zero-order chi connectivity index (χ0) is 22.6. The van der Waals surface area contributed by atoms with Gasteiger partial charge in [-0.3, -0.25) is 4.79 Å². The highest BCUT2D eigenvalue weighted by Gasteiger charge is 2.48. The van der Waals surface area contributed by atoms with Crippen LogP contribution in [0.5, 0.6) is 0 Å². The Labute approximate surface area is 193 Å². The van der Waals surface area contributed by atoms with Crippen molar-refractivity contribution in [2.75, 3.05) is 13.1 Å². The van der Waals surface area contributed by atoms with E-state index in [1.807, 2.05) is 35.2 Å². The predicted molar refractivity (Wildman–Crippen MR) is 130 cm³/mol. The Morgan fingerprint density at radius 1 is 0.938 bits per heavy atom. The number of rotatable bonds is 7. The van der Waals surface area contributed by atoms with E-state index in [0.29, 0.717) is 11.8 Å². The van der Waals surface area contributed by atoms with Crippen LogP contribution in [0.15, 0.2) is 60.7 Å². The molecule has 1 aliphatic heterocycles. The fourth-order valence-corrected chi connectivity index (χ4v) is 5.91. The molecule has 2 aromatic carbocycles.